The number of ether oxygens (including phenoxy) is 1. The Labute approximate surface area is 162 Å². The van der Waals surface area contributed by atoms with Gasteiger partial charge in [0.15, 0.2) is 10.9 Å². The van der Waals surface area contributed by atoms with Gasteiger partial charge in [-0.15, -0.1) is 0 Å². The van der Waals surface area contributed by atoms with Crippen molar-refractivity contribution in [3.05, 3.63) is 72.3 Å². The first-order valence-electron chi connectivity index (χ1n) is 7.78. The van der Waals surface area contributed by atoms with Crippen LogP contribution in [0.2, 0.25) is 0 Å². The normalized spacial score (nSPS) is 11.0. The Morgan fingerprint density at radius 1 is 1.14 bits per heavy atom. The number of hydrogen-bond donors (Lipinski definition) is 2. The summed E-state index contributed by atoms with van der Waals surface area (Å²) in [6.07, 6.45) is -2.41. The molecule has 0 bridgehead atoms. The van der Waals surface area contributed by atoms with Crippen molar-refractivity contribution in [3.8, 4) is 11.6 Å². The van der Waals surface area contributed by atoms with Crippen molar-refractivity contribution in [1.29, 1.82) is 0 Å². The van der Waals surface area contributed by atoms with Gasteiger partial charge in [0.05, 0.1) is 11.8 Å². The Morgan fingerprint density at radius 2 is 1.96 bits per heavy atom. The summed E-state index contributed by atoms with van der Waals surface area (Å²) < 4.78 is 48.1. The van der Waals surface area contributed by atoms with E-state index >= 15 is 0 Å². The Hall–Kier alpha value is -3.40. The summed E-state index contributed by atoms with van der Waals surface area (Å²) >= 11 is 5.06. The smallest absolute Gasteiger partial charge is 0.417 e. The number of halogens is 3. The standard InChI is InChI=1S/C18H12F3N3O3S/c19-18(20,21)11-6-7-15(22-10-11)27-13-4-1-3-12(9-13)23-17(28)24-16(25)14-5-2-8-26-14/h1-10H,(H2,23,24,25,28). The number of pyridine rings is 1. The van der Waals surface area contributed by atoms with Crippen LogP contribution in [0.15, 0.2) is 65.4 Å². The van der Waals surface area contributed by atoms with Crippen molar-refractivity contribution >= 4 is 28.9 Å². The molecule has 3 aromatic rings. The fourth-order valence-corrected chi connectivity index (χ4v) is 2.31. The molecule has 6 nitrogen and oxygen atoms in total. The van der Waals surface area contributed by atoms with Crippen LogP contribution in [0.5, 0.6) is 11.6 Å². The van der Waals surface area contributed by atoms with Crippen LogP contribution in [-0.4, -0.2) is 16.0 Å². The highest BCUT2D eigenvalue weighted by Gasteiger charge is 2.30. The molecule has 0 saturated heterocycles. The molecule has 0 aliphatic heterocycles. The Morgan fingerprint density at radius 3 is 2.61 bits per heavy atom. The number of anilines is 1. The van der Waals surface area contributed by atoms with Crippen molar-refractivity contribution in [3.63, 3.8) is 0 Å². The number of furan rings is 1. The SMILES string of the molecule is O=C(NC(=S)Nc1cccc(Oc2ccc(C(F)(F)F)cn2)c1)c1ccco1. The number of hydrogen-bond acceptors (Lipinski definition) is 5. The Bertz CT molecular complexity index is 974. The number of carbonyl (C=O) groups is 1. The number of nitrogens with one attached hydrogen (secondary N) is 2. The van der Waals surface area contributed by atoms with E-state index in [1.165, 1.54) is 12.3 Å². The second-order valence-corrected chi connectivity index (χ2v) is 5.81. The van der Waals surface area contributed by atoms with E-state index in [1.54, 1.807) is 30.3 Å². The van der Waals surface area contributed by atoms with E-state index in [4.69, 9.17) is 21.4 Å². The van der Waals surface area contributed by atoms with E-state index in [9.17, 15) is 18.0 Å². The molecule has 1 amide bonds. The zero-order valence-corrected chi connectivity index (χ0v) is 14.8. The van der Waals surface area contributed by atoms with Gasteiger partial charge >= 0.3 is 6.18 Å². The highest BCUT2D eigenvalue weighted by atomic mass is 32.1. The van der Waals surface area contributed by atoms with Gasteiger partial charge in [-0.1, -0.05) is 6.07 Å². The summed E-state index contributed by atoms with van der Waals surface area (Å²) in [4.78, 5) is 15.5. The van der Waals surface area contributed by atoms with Gasteiger partial charge in [-0.3, -0.25) is 10.1 Å². The molecular weight excluding hydrogens is 395 g/mol. The van der Waals surface area contributed by atoms with Gasteiger partial charge in [-0.2, -0.15) is 13.2 Å². The van der Waals surface area contributed by atoms with Crippen molar-refractivity contribution in [2.24, 2.45) is 0 Å². The molecule has 1 aromatic carbocycles. The lowest BCUT2D eigenvalue weighted by atomic mass is 10.3. The molecule has 144 valence electrons. The van der Waals surface area contributed by atoms with Gasteiger partial charge in [0.2, 0.25) is 5.88 Å². The maximum absolute atomic E-state index is 12.6. The summed E-state index contributed by atoms with van der Waals surface area (Å²) in [6, 6.07) is 11.5. The summed E-state index contributed by atoms with van der Waals surface area (Å²) in [5, 5.41) is 5.28. The van der Waals surface area contributed by atoms with Crippen molar-refractivity contribution in [2.45, 2.75) is 6.18 Å². The number of amides is 1. The Kier molecular flexibility index (Phi) is 5.59. The quantitative estimate of drug-likeness (QED) is 0.615. The maximum Gasteiger partial charge on any atom is 0.417 e. The molecule has 0 unspecified atom stereocenters. The molecule has 10 heteroatoms. The molecule has 28 heavy (non-hydrogen) atoms. The molecule has 0 aliphatic rings. The molecule has 2 aromatic heterocycles. The maximum atomic E-state index is 12.6. The zero-order valence-electron chi connectivity index (χ0n) is 14.0. The molecule has 2 N–H and O–H groups in total. The Balaban J connectivity index is 1.62. The third-order valence-corrected chi connectivity index (χ3v) is 3.55. The second-order valence-electron chi connectivity index (χ2n) is 5.40. The fourth-order valence-electron chi connectivity index (χ4n) is 2.10. The van der Waals surface area contributed by atoms with Crippen LogP contribution < -0.4 is 15.4 Å². The molecule has 0 aliphatic carbocycles. The number of aromatic nitrogens is 1. The molecule has 0 atom stereocenters. The third-order valence-electron chi connectivity index (χ3n) is 3.35. The number of alkyl halides is 3. The van der Waals surface area contributed by atoms with Gasteiger partial charge < -0.3 is 14.5 Å². The van der Waals surface area contributed by atoms with Gasteiger partial charge in [0.25, 0.3) is 5.91 Å². The van der Waals surface area contributed by atoms with Gasteiger partial charge in [-0.05, 0) is 42.5 Å². The van der Waals surface area contributed by atoms with E-state index in [2.05, 4.69) is 15.6 Å². The monoisotopic (exact) mass is 407 g/mol. The molecule has 2 heterocycles. The van der Waals surface area contributed by atoms with Crippen LogP contribution in [-0.2, 0) is 6.18 Å². The second kappa shape index (κ2) is 8.09. The van der Waals surface area contributed by atoms with Gasteiger partial charge in [0.1, 0.15) is 5.75 Å². The summed E-state index contributed by atoms with van der Waals surface area (Å²) in [5.41, 5.74) is -0.373. The van der Waals surface area contributed by atoms with Crippen LogP contribution in [0.4, 0.5) is 18.9 Å². The lowest BCUT2D eigenvalue weighted by Crippen LogP contribution is -2.33. The third kappa shape index (κ3) is 5.07. The zero-order chi connectivity index (χ0) is 20.1. The largest absolute Gasteiger partial charge is 0.459 e. The summed E-state index contributed by atoms with van der Waals surface area (Å²) in [6.45, 7) is 0. The van der Waals surface area contributed by atoms with E-state index in [-0.39, 0.29) is 16.8 Å². The minimum absolute atomic E-state index is 0.00107. The topological polar surface area (TPSA) is 76.4 Å². The van der Waals surface area contributed by atoms with Crippen LogP contribution >= 0.6 is 12.2 Å². The first-order chi connectivity index (χ1) is 13.3. The minimum Gasteiger partial charge on any atom is -0.459 e. The van der Waals surface area contributed by atoms with E-state index < -0.39 is 17.6 Å². The molecule has 0 spiro atoms. The minimum atomic E-state index is -4.47. The van der Waals surface area contributed by atoms with E-state index in [0.717, 1.165) is 12.1 Å². The summed E-state index contributed by atoms with van der Waals surface area (Å²) in [7, 11) is 0. The van der Waals surface area contributed by atoms with Gasteiger partial charge in [0, 0.05) is 24.0 Å². The predicted molar refractivity (Wildman–Crippen MR) is 98.1 cm³/mol. The first kappa shape index (κ1) is 19.4. The fraction of sp³-hybridized carbons (Fsp3) is 0.0556. The number of benzene rings is 1. The first-order valence-corrected chi connectivity index (χ1v) is 8.19. The van der Waals surface area contributed by atoms with Crippen LogP contribution in [0.3, 0.4) is 0 Å². The summed E-state index contributed by atoms with van der Waals surface area (Å²) in [5.74, 6) is -0.0882. The van der Waals surface area contributed by atoms with E-state index in [1.807, 2.05) is 0 Å². The molecule has 3 rings (SSSR count). The molecular formula is C18H12F3N3O3S. The van der Waals surface area contributed by atoms with Gasteiger partial charge in [-0.25, -0.2) is 4.98 Å². The van der Waals surface area contributed by atoms with Crippen LogP contribution in [0, 0.1) is 0 Å². The lowest BCUT2D eigenvalue weighted by Gasteiger charge is -2.11. The number of thiocarbonyl (C=S) groups is 1. The molecule has 0 saturated carbocycles. The lowest BCUT2D eigenvalue weighted by molar-refractivity contribution is -0.137. The highest BCUT2D eigenvalue weighted by Crippen LogP contribution is 2.30. The average Bonchev–Trinajstić information content (AvgIpc) is 3.16. The van der Waals surface area contributed by atoms with Crippen molar-refractivity contribution in [2.75, 3.05) is 5.32 Å². The van der Waals surface area contributed by atoms with Crippen LogP contribution in [0.25, 0.3) is 0 Å². The van der Waals surface area contributed by atoms with E-state index in [0.29, 0.717) is 17.6 Å². The number of nitrogens with zero attached hydrogens (tertiary/aromatic N) is 1. The molecule has 0 fully saturated rings. The molecule has 0 radical (unpaired) electrons. The van der Waals surface area contributed by atoms with Crippen molar-refractivity contribution < 1.29 is 27.1 Å². The van der Waals surface area contributed by atoms with Crippen molar-refractivity contribution in [1.82, 2.24) is 10.3 Å². The van der Waals surface area contributed by atoms with Crippen LogP contribution in [0.1, 0.15) is 16.1 Å². The highest BCUT2D eigenvalue weighted by molar-refractivity contribution is 7.80. The number of rotatable bonds is 4. The number of carbonyl (C=O) groups excluding carboxylic acids is 1. The average molecular weight is 407 g/mol. The predicted octanol–water partition coefficient (Wildman–Crippen LogP) is 4.61.